The summed E-state index contributed by atoms with van der Waals surface area (Å²) in [5.41, 5.74) is 4.98. The average molecular weight is 448 g/mol. The predicted molar refractivity (Wildman–Crippen MR) is 117 cm³/mol. The summed E-state index contributed by atoms with van der Waals surface area (Å²) in [6, 6.07) is 10.5. The van der Waals surface area contributed by atoms with Crippen molar-refractivity contribution in [2.24, 2.45) is 0 Å². The van der Waals surface area contributed by atoms with E-state index in [0.717, 1.165) is 4.88 Å². The van der Waals surface area contributed by atoms with E-state index in [9.17, 15) is 14.4 Å². The molecule has 0 unspecified atom stereocenters. The van der Waals surface area contributed by atoms with Crippen molar-refractivity contribution in [3.8, 4) is 5.75 Å². The highest BCUT2D eigenvalue weighted by atomic mass is 32.2. The van der Waals surface area contributed by atoms with Crippen LogP contribution in [-0.2, 0) is 9.59 Å². The van der Waals surface area contributed by atoms with E-state index < -0.39 is 11.8 Å². The molecule has 3 rings (SSSR count). The fourth-order valence-electron chi connectivity index (χ4n) is 2.50. The van der Waals surface area contributed by atoms with Gasteiger partial charge in [-0.2, -0.15) is 0 Å². The minimum absolute atomic E-state index is 0.00900. The van der Waals surface area contributed by atoms with Crippen molar-refractivity contribution in [1.82, 2.24) is 15.8 Å². The highest BCUT2D eigenvalue weighted by molar-refractivity contribution is 8.26. The second kappa shape index (κ2) is 9.68. The van der Waals surface area contributed by atoms with Crippen LogP contribution in [0.3, 0.4) is 0 Å². The minimum Gasteiger partial charge on any atom is -0.496 e. The number of methoxy groups -OCH3 is 1. The van der Waals surface area contributed by atoms with Gasteiger partial charge < -0.3 is 4.74 Å². The molecule has 1 saturated heterocycles. The molecule has 0 spiro atoms. The Morgan fingerprint density at radius 3 is 2.72 bits per heavy atom. The zero-order valence-electron chi connectivity index (χ0n) is 15.3. The maximum Gasteiger partial charge on any atom is 0.273 e. The van der Waals surface area contributed by atoms with E-state index in [4.69, 9.17) is 17.0 Å². The van der Waals surface area contributed by atoms with Gasteiger partial charge in [0, 0.05) is 17.8 Å². The zero-order chi connectivity index (χ0) is 20.8. The number of hydrogen-bond acceptors (Lipinski definition) is 7. The van der Waals surface area contributed by atoms with Gasteiger partial charge in [0.1, 0.15) is 10.1 Å². The molecule has 150 valence electrons. The van der Waals surface area contributed by atoms with Gasteiger partial charge in [-0.15, -0.1) is 11.3 Å². The van der Waals surface area contributed by atoms with Crippen LogP contribution in [0.1, 0.15) is 21.7 Å². The second-order valence-electron chi connectivity index (χ2n) is 5.80. The van der Waals surface area contributed by atoms with Gasteiger partial charge in [-0.25, -0.2) is 0 Å². The number of thioether (sulfide) groups is 1. The first kappa shape index (κ1) is 21.0. The number of hydrogen-bond donors (Lipinski definition) is 2. The lowest BCUT2D eigenvalue weighted by Gasteiger charge is -2.14. The molecule has 0 saturated carbocycles. The number of benzene rings is 1. The first-order chi connectivity index (χ1) is 14.0. The van der Waals surface area contributed by atoms with Gasteiger partial charge in [0.2, 0.25) is 5.91 Å². The monoisotopic (exact) mass is 447 g/mol. The Labute approximate surface area is 181 Å². The molecule has 10 heteroatoms. The van der Waals surface area contributed by atoms with E-state index in [1.165, 1.54) is 35.1 Å². The van der Waals surface area contributed by atoms with Gasteiger partial charge in [0.25, 0.3) is 11.8 Å². The molecule has 7 nitrogen and oxygen atoms in total. The molecule has 0 aliphatic carbocycles. The maximum absolute atomic E-state index is 12.5. The van der Waals surface area contributed by atoms with Crippen LogP contribution < -0.4 is 15.6 Å². The standard InChI is InChI=1S/C19H17N3O4S3/c1-26-14-7-3-2-6-13(14)17(24)21-20-16(23)8-9-22-18(25)15(29-19(22)27)11-12-5-4-10-28-12/h2-7,10-11H,8-9H2,1H3,(H,20,23)(H,21,24). The molecule has 1 aromatic carbocycles. The van der Waals surface area contributed by atoms with Gasteiger partial charge in [-0.3, -0.25) is 30.1 Å². The summed E-state index contributed by atoms with van der Waals surface area (Å²) in [7, 11) is 1.46. The largest absolute Gasteiger partial charge is 0.496 e. The van der Waals surface area contributed by atoms with Crippen molar-refractivity contribution >= 4 is 63.4 Å². The molecule has 0 atom stereocenters. The fraction of sp³-hybridized carbons (Fsp3) is 0.158. The van der Waals surface area contributed by atoms with Gasteiger partial charge in [0.15, 0.2) is 0 Å². The van der Waals surface area contributed by atoms with Crippen molar-refractivity contribution in [3.63, 3.8) is 0 Å². The number of thiophene rings is 1. The van der Waals surface area contributed by atoms with E-state index in [-0.39, 0.29) is 18.9 Å². The van der Waals surface area contributed by atoms with E-state index >= 15 is 0 Å². The van der Waals surface area contributed by atoms with Crippen molar-refractivity contribution in [3.05, 3.63) is 57.1 Å². The van der Waals surface area contributed by atoms with Crippen LogP contribution in [0.25, 0.3) is 6.08 Å². The van der Waals surface area contributed by atoms with Crippen molar-refractivity contribution in [1.29, 1.82) is 0 Å². The number of carbonyl (C=O) groups excluding carboxylic acids is 3. The Balaban J connectivity index is 1.51. The summed E-state index contributed by atoms with van der Waals surface area (Å²) in [5.74, 6) is -0.765. The normalized spacial score (nSPS) is 14.9. The van der Waals surface area contributed by atoms with Gasteiger partial charge in [0.05, 0.1) is 17.6 Å². The Hall–Kier alpha value is -2.69. The average Bonchev–Trinajstić information content (AvgIpc) is 3.33. The van der Waals surface area contributed by atoms with Crippen molar-refractivity contribution in [2.75, 3.05) is 13.7 Å². The molecular weight excluding hydrogens is 430 g/mol. The SMILES string of the molecule is COc1ccccc1C(=O)NNC(=O)CCN1C(=O)C(=Cc2cccs2)SC1=S. The third-order valence-electron chi connectivity index (χ3n) is 3.92. The molecule has 2 N–H and O–H groups in total. The van der Waals surface area contributed by atoms with E-state index in [0.29, 0.717) is 20.5 Å². The summed E-state index contributed by atoms with van der Waals surface area (Å²) < 4.78 is 5.53. The minimum atomic E-state index is -0.500. The summed E-state index contributed by atoms with van der Waals surface area (Å²) in [4.78, 5) is 39.7. The predicted octanol–water partition coefficient (Wildman–Crippen LogP) is 2.81. The van der Waals surface area contributed by atoms with Crippen LogP contribution in [0.2, 0.25) is 0 Å². The van der Waals surface area contributed by atoms with Crippen LogP contribution >= 0.6 is 35.3 Å². The highest BCUT2D eigenvalue weighted by Gasteiger charge is 2.32. The number of nitrogens with zero attached hydrogens (tertiary/aromatic N) is 1. The topological polar surface area (TPSA) is 87.7 Å². The summed E-state index contributed by atoms with van der Waals surface area (Å²) in [6.45, 7) is 0.128. The number of amides is 3. The highest BCUT2D eigenvalue weighted by Crippen LogP contribution is 2.33. The molecular formula is C19H17N3O4S3. The number of thiocarbonyl (C=S) groups is 1. The number of rotatable bonds is 6. The second-order valence-corrected chi connectivity index (χ2v) is 8.46. The summed E-state index contributed by atoms with van der Waals surface area (Å²) in [6.07, 6.45) is 1.78. The fourth-order valence-corrected chi connectivity index (χ4v) is 4.53. The number of hydrazine groups is 1. The third kappa shape index (κ3) is 5.22. The van der Waals surface area contributed by atoms with Crippen molar-refractivity contribution < 1.29 is 19.1 Å². The van der Waals surface area contributed by atoms with E-state index in [1.807, 2.05) is 17.5 Å². The lowest BCUT2D eigenvalue weighted by Crippen LogP contribution is -2.43. The third-order valence-corrected chi connectivity index (χ3v) is 6.12. The Kier molecular flexibility index (Phi) is 7.02. The van der Waals surface area contributed by atoms with Gasteiger partial charge in [-0.1, -0.05) is 42.2 Å². The van der Waals surface area contributed by atoms with Crippen LogP contribution in [0.4, 0.5) is 0 Å². The van der Waals surface area contributed by atoms with E-state index in [2.05, 4.69) is 10.9 Å². The molecule has 0 radical (unpaired) electrons. The van der Waals surface area contributed by atoms with Crippen LogP contribution in [0.15, 0.2) is 46.7 Å². The molecule has 2 aromatic rings. The van der Waals surface area contributed by atoms with E-state index in [1.54, 1.807) is 30.3 Å². The van der Waals surface area contributed by atoms with Crippen molar-refractivity contribution in [2.45, 2.75) is 6.42 Å². The molecule has 0 bridgehead atoms. The first-order valence-electron chi connectivity index (χ1n) is 8.50. The first-order valence-corrected chi connectivity index (χ1v) is 10.6. The smallest absolute Gasteiger partial charge is 0.273 e. The van der Waals surface area contributed by atoms with Crippen LogP contribution in [0.5, 0.6) is 5.75 Å². The molecule has 2 heterocycles. The molecule has 1 aromatic heterocycles. The number of ether oxygens (including phenoxy) is 1. The van der Waals surface area contributed by atoms with Crippen LogP contribution in [0, 0.1) is 0 Å². The summed E-state index contributed by atoms with van der Waals surface area (Å²) >= 11 is 7.99. The van der Waals surface area contributed by atoms with Crippen LogP contribution in [-0.4, -0.2) is 40.6 Å². The lowest BCUT2D eigenvalue weighted by atomic mass is 10.2. The Bertz CT molecular complexity index is 973. The Morgan fingerprint density at radius 2 is 2.00 bits per heavy atom. The number of nitrogens with one attached hydrogen (secondary N) is 2. The molecule has 1 fully saturated rings. The molecule has 3 amide bonds. The zero-order valence-corrected chi connectivity index (χ0v) is 17.8. The molecule has 29 heavy (non-hydrogen) atoms. The number of carbonyl (C=O) groups is 3. The number of para-hydroxylation sites is 1. The molecule has 1 aliphatic heterocycles. The van der Waals surface area contributed by atoms with Gasteiger partial charge >= 0.3 is 0 Å². The maximum atomic E-state index is 12.5. The summed E-state index contributed by atoms with van der Waals surface area (Å²) in [5, 5.41) is 1.93. The lowest BCUT2D eigenvalue weighted by molar-refractivity contribution is -0.124. The molecule has 1 aliphatic rings. The Morgan fingerprint density at radius 1 is 1.21 bits per heavy atom. The quantitative estimate of drug-likeness (QED) is 0.402. The van der Waals surface area contributed by atoms with Gasteiger partial charge in [-0.05, 0) is 29.7 Å².